The molecule has 0 bridgehead atoms. The molecule has 0 aromatic rings. The van der Waals surface area contributed by atoms with E-state index in [4.69, 9.17) is 0 Å². The van der Waals surface area contributed by atoms with Crippen LogP contribution in [0.25, 0.3) is 0 Å². The molecule has 1 atom stereocenters. The van der Waals surface area contributed by atoms with Gasteiger partial charge in [0.15, 0.2) is 9.84 Å². The molecule has 6 heteroatoms. The molecule has 0 aliphatic carbocycles. The lowest BCUT2D eigenvalue weighted by atomic mass is 10.1. The molecule has 1 heterocycles. The van der Waals surface area contributed by atoms with Gasteiger partial charge in [0, 0.05) is 42.4 Å². The first-order valence-corrected chi connectivity index (χ1v) is 9.98. The lowest BCUT2D eigenvalue weighted by Crippen LogP contribution is -2.49. The van der Waals surface area contributed by atoms with Gasteiger partial charge in [-0.2, -0.15) is 11.8 Å². The van der Waals surface area contributed by atoms with E-state index < -0.39 is 9.84 Å². The minimum Gasteiger partial charge on any atom is -0.308 e. The van der Waals surface area contributed by atoms with Gasteiger partial charge in [0.05, 0.1) is 0 Å². The molecule has 118 valence electrons. The Morgan fingerprint density at radius 2 is 2.10 bits per heavy atom. The summed E-state index contributed by atoms with van der Waals surface area (Å²) in [7, 11) is -3.02. The minimum atomic E-state index is -3.02. The molecule has 1 aliphatic rings. The lowest BCUT2D eigenvalue weighted by molar-refractivity contribution is 0.288. The van der Waals surface area contributed by atoms with Gasteiger partial charge in [-0.3, -0.25) is 4.90 Å². The highest BCUT2D eigenvalue weighted by Crippen LogP contribution is 2.22. The van der Waals surface area contributed by atoms with Crippen LogP contribution in [-0.4, -0.2) is 61.1 Å². The van der Waals surface area contributed by atoms with Crippen molar-refractivity contribution in [1.82, 2.24) is 10.2 Å². The third-order valence-electron chi connectivity index (χ3n) is 3.30. The van der Waals surface area contributed by atoms with E-state index in [0.29, 0.717) is 12.3 Å². The maximum atomic E-state index is 12.2. The van der Waals surface area contributed by atoms with Crippen LogP contribution < -0.4 is 5.32 Å². The average Bonchev–Trinajstić information content (AvgIpc) is 2.36. The monoisotopic (exact) mass is 320 g/mol. The first-order chi connectivity index (χ1) is 9.15. The average molecular weight is 321 g/mol. The first kappa shape index (κ1) is 18.0. The van der Waals surface area contributed by atoms with Crippen LogP contribution in [0.4, 0.5) is 0 Å². The van der Waals surface area contributed by atoms with Crippen molar-refractivity contribution in [3.8, 4) is 0 Å². The van der Waals surface area contributed by atoms with Crippen LogP contribution in [0.3, 0.4) is 0 Å². The largest absolute Gasteiger partial charge is 0.308 e. The Labute approximate surface area is 128 Å². The van der Waals surface area contributed by atoms with Crippen molar-refractivity contribution in [2.45, 2.75) is 38.6 Å². The molecule has 4 nitrogen and oxygen atoms in total. The number of thioether (sulfide) groups is 1. The van der Waals surface area contributed by atoms with Gasteiger partial charge in [-0.1, -0.05) is 13.5 Å². The molecule has 20 heavy (non-hydrogen) atoms. The van der Waals surface area contributed by atoms with Crippen molar-refractivity contribution < 1.29 is 8.42 Å². The molecular weight excluding hydrogens is 292 g/mol. The zero-order valence-electron chi connectivity index (χ0n) is 13.1. The zero-order chi connectivity index (χ0) is 15.4. The van der Waals surface area contributed by atoms with E-state index in [1.165, 1.54) is 0 Å². The highest BCUT2D eigenvalue weighted by atomic mass is 32.2. The fourth-order valence-corrected chi connectivity index (χ4v) is 5.13. The predicted molar refractivity (Wildman–Crippen MR) is 89.0 cm³/mol. The number of rotatable bonds is 6. The van der Waals surface area contributed by atoms with E-state index in [0.717, 1.165) is 24.4 Å². The summed E-state index contributed by atoms with van der Waals surface area (Å²) in [5.41, 5.74) is 1.10. The third-order valence-corrected chi connectivity index (χ3v) is 6.64. The van der Waals surface area contributed by atoms with Crippen molar-refractivity contribution in [3.05, 3.63) is 12.2 Å². The molecule has 0 radical (unpaired) electrons. The summed E-state index contributed by atoms with van der Waals surface area (Å²) in [5, 5.41) is 3.05. The van der Waals surface area contributed by atoms with Gasteiger partial charge in [0.25, 0.3) is 0 Å². The molecule has 0 aromatic heterocycles. The normalized spacial score (nSPS) is 21.9. The van der Waals surface area contributed by atoms with E-state index in [1.807, 2.05) is 0 Å². The molecule has 1 saturated heterocycles. The fraction of sp³-hybridized carbons (Fsp3) is 0.857. The molecular formula is C14H28N2O2S2. The topological polar surface area (TPSA) is 49.4 Å². The Morgan fingerprint density at radius 3 is 2.65 bits per heavy atom. The van der Waals surface area contributed by atoms with Crippen molar-refractivity contribution in [1.29, 1.82) is 0 Å². The Bertz CT molecular complexity index is 427. The van der Waals surface area contributed by atoms with Crippen molar-refractivity contribution >= 4 is 21.6 Å². The second-order valence-corrected chi connectivity index (χ2v) is 9.90. The minimum absolute atomic E-state index is 0.0512. The van der Waals surface area contributed by atoms with E-state index in [-0.39, 0.29) is 16.7 Å². The Morgan fingerprint density at radius 1 is 1.45 bits per heavy atom. The Kier molecular flexibility index (Phi) is 6.57. The maximum absolute atomic E-state index is 12.2. The third kappa shape index (κ3) is 5.76. The summed E-state index contributed by atoms with van der Waals surface area (Å²) in [6.45, 7) is 14.4. The summed E-state index contributed by atoms with van der Waals surface area (Å²) >= 11 is 1.73. The first-order valence-electron chi connectivity index (χ1n) is 7.11. The highest BCUT2D eigenvalue weighted by Gasteiger charge is 2.32. The fourth-order valence-electron chi connectivity index (χ4n) is 2.05. The van der Waals surface area contributed by atoms with E-state index >= 15 is 0 Å². The standard InChI is InChI=1S/C14H28N2O2S2/c1-6-20(17,18)13-11-19-8-7-16(13)10-12(2)9-15-14(3,4)5/h13,15H,2,6-11H2,1,3-5H3. The van der Waals surface area contributed by atoms with Crippen LogP contribution in [0.5, 0.6) is 0 Å². The van der Waals surface area contributed by atoms with Crippen molar-refractivity contribution in [2.24, 2.45) is 0 Å². The molecule has 1 fully saturated rings. The summed E-state index contributed by atoms with van der Waals surface area (Å²) in [6, 6.07) is 0. The SMILES string of the molecule is C=C(CNC(C)(C)C)CN1CCSCC1S(=O)(=O)CC. The van der Waals surface area contributed by atoms with Gasteiger partial charge < -0.3 is 5.32 Å². The summed E-state index contributed by atoms with van der Waals surface area (Å²) in [4.78, 5) is 2.07. The van der Waals surface area contributed by atoms with Gasteiger partial charge in [-0.15, -0.1) is 0 Å². The lowest BCUT2D eigenvalue weighted by Gasteiger charge is -2.35. The van der Waals surface area contributed by atoms with E-state index in [1.54, 1.807) is 18.7 Å². The zero-order valence-corrected chi connectivity index (χ0v) is 14.7. The quantitative estimate of drug-likeness (QED) is 0.756. The van der Waals surface area contributed by atoms with Crippen LogP contribution >= 0.6 is 11.8 Å². The Balaban J connectivity index is 2.61. The van der Waals surface area contributed by atoms with Crippen LogP contribution in [0.1, 0.15) is 27.7 Å². The second-order valence-electron chi connectivity index (χ2n) is 6.31. The summed E-state index contributed by atoms with van der Waals surface area (Å²) in [6.07, 6.45) is 0. The second kappa shape index (κ2) is 7.29. The van der Waals surface area contributed by atoms with Crippen LogP contribution in [0, 0.1) is 0 Å². The smallest absolute Gasteiger partial charge is 0.166 e. The van der Waals surface area contributed by atoms with Crippen LogP contribution in [0.15, 0.2) is 12.2 Å². The predicted octanol–water partition coefficient (Wildman–Crippen LogP) is 1.74. The molecule has 0 aromatic carbocycles. The number of hydrogen-bond acceptors (Lipinski definition) is 5. The van der Waals surface area contributed by atoms with Crippen LogP contribution in [0.2, 0.25) is 0 Å². The maximum Gasteiger partial charge on any atom is 0.166 e. The molecule has 0 amide bonds. The number of hydrogen-bond donors (Lipinski definition) is 1. The molecule has 1 N–H and O–H groups in total. The van der Waals surface area contributed by atoms with E-state index in [2.05, 4.69) is 37.6 Å². The number of nitrogens with zero attached hydrogens (tertiary/aromatic N) is 1. The Hall–Kier alpha value is -0.0400. The summed E-state index contributed by atoms with van der Waals surface area (Å²) < 4.78 is 24.3. The van der Waals surface area contributed by atoms with Gasteiger partial charge in [-0.05, 0) is 26.3 Å². The van der Waals surface area contributed by atoms with Gasteiger partial charge in [0.1, 0.15) is 5.37 Å². The van der Waals surface area contributed by atoms with Gasteiger partial charge in [-0.25, -0.2) is 8.42 Å². The van der Waals surface area contributed by atoms with Gasteiger partial charge in [0.2, 0.25) is 0 Å². The van der Waals surface area contributed by atoms with E-state index in [9.17, 15) is 8.42 Å². The molecule has 0 spiro atoms. The molecule has 1 unspecified atom stereocenters. The molecule has 1 aliphatic heterocycles. The molecule has 1 rings (SSSR count). The molecule has 0 saturated carbocycles. The van der Waals surface area contributed by atoms with Crippen molar-refractivity contribution in [3.63, 3.8) is 0 Å². The van der Waals surface area contributed by atoms with Crippen molar-refractivity contribution in [2.75, 3.05) is 36.9 Å². The highest BCUT2D eigenvalue weighted by molar-refractivity contribution is 8.01. The van der Waals surface area contributed by atoms with Gasteiger partial charge >= 0.3 is 0 Å². The summed E-state index contributed by atoms with van der Waals surface area (Å²) in [5.74, 6) is 1.88. The van der Waals surface area contributed by atoms with Crippen LogP contribution in [-0.2, 0) is 9.84 Å². The number of sulfone groups is 1. The number of nitrogens with one attached hydrogen (secondary N) is 1.